The SMILES string of the molecule is CCCCCCCCCCCCC/C=C/CC/C=C/C(O)C(COP(=O)(O)OCC[N+](C)(C)C)NC(=O)CCCCCCCCCCC. The lowest BCUT2D eigenvalue weighted by molar-refractivity contribution is -0.870. The molecule has 0 rings (SSSR count). The van der Waals surface area contributed by atoms with Crippen molar-refractivity contribution in [2.24, 2.45) is 0 Å². The minimum atomic E-state index is -4.33. The normalized spacial score (nSPS) is 14.9. The molecule has 0 bridgehead atoms. The molecule has 0 aliphatic rings. The average molecular weight is 702 g/mol. The summed E-state index contributed by atoms with van der Waals surface area (Å²) < 4.78 is 23.4. The summed E-state index contributed by atoms with van der Waals surface area (Å²) in [6.45, 7) is 4.75. The molecule has 0 aromatic rings. The van der Waals surface area contributed by atoms with Crippen LogP contribution >= 0.6 is 7.82 Å². The van der Waals surface area contributed by atoms with E-state index >= 15 is 0 Å². The van der Waals surface area contributed by atoms with Gasteiger partial charge in [0.2, 0.25) is 5.91 Å². The molecule has 0 aliphatic heterocycles. The monoisotopic (exact) mass is 702 g/mol. The fraction of sp³-hybridized carbons (Fsp3) is 0.872. The number of carbonyl (C=O) groups is 1. The Hall–Kier alpha value is -1.02. The zero-order chi connectivity index (χ0) is 35.8. The van der Waals surface area contributed by atoms with Gasteiger partial charge in [-0.1, -0.05) is 154 Å². The van der Waals surface area contributed by atoms with Gasteiger partial charge in [0.05, 0.1) is 39.9 Å². The van der Waals surface area contributed by atoms with Crippen LogP contribution in [0.3, 0.4) is 0 Å². The first kappa shape index (κ1) is 47.0. The van der Waals surface area contributed by atoms with E-state index in [1.165, 1.54) is 109 Å². The second-order valence-corrected chi connectivity index (χ2v) is 16.1. The van der Waals surface area contributed by atoms with Gasteiger partial charge in [0.15, 0.2) is 0 Å². The van der Waals surface area contributed by atoms with E-state index in [1.807, 2.05) is 27.2 Å². The first-order chi connectivity index (χ1) is 23.0. The maximum atomic E-state index is 12.7. The van der Waals surface area contributed by atoms with Crippen molar-refractivity contribution in [1.29, 1.82) is 0 Å². The van der Waals surface area contributed by atoms with Crippen LogP contribution in [0.5, 0.6) is 0 Å². The lowest BCUT2D eigenvalue weighted by Crippen LogP contribution is -2.45. The molecule has 3 unspecified atom stereocenters. The highest BCUT2D eigenvalue weighted by Gasteiger charge is 2.27. The molecule has 0 fully saturated rings. The summed E-state index contributed by atoms with van der Waals surface area (Å²) in [7, 11) is 1.55. The van der Waals surface area contributed by atoms with Crippen molar-refractivity contribution in [2.75, 3.05) is 40.9 Å². The zero-order valence-electron chi connectivity index (χ0n) is 32.0. The van der Waals surface area contributed by atoms with Crippen LogP contribution in [0.1, 0.15) is 168 Å². The molecule has 284 valence electrons. The zero-order valence-corrected chi connectivity index (χ0v) is 32.9. The topological polar surface area (TPSA) is 105 Å². The molecule has 48 heavy (non-hydrogen) atoms. The number of unbranched alkanes of at least 4 members (excludes halogenated alkanes) is 20. The quantitative estimate of drug-likeness (QED) is 0.0263. The molecular weight excluding hydrogens is 623 g/mol. The maximum absolute atomic E-state index is 12.7. The number of aliphatic hydroxyl groups is 1. The Balaban J connectivity index is 4.52. The molecule has 0 aliphatic carbocycles. The number of hydrogen-bond acceptors (Lipinski definition) is 5. The molecule has 1 amide bonds. The van der Waals surface area contributed by atoms with Crippen LogP contribution in [-0.2, 0) is 18.4 Å². The molecular formula is C39H78N2O6P+. The van der Waals surface area contributed by atoms with Crippen LogP contribution in [0, 0.1) is 0 Å². The van der Waals surface area contributed by atoms with Gasteiger partial charge in [0.1, 0.15) is 13.2 Å². The van der Waals surface area contributed by atoms with E-state index in [4.69, 9.17) is 9.05 Å². The Morgan fingerprint density at radius 3 is 1.67 bits per heavy atom. The van der Waals surface area contributed by atoms with Crippen LogP contribution in [0.15, 0.2) is 24.3 Å². The molecule has 0 saturated heterocycles. The van der Waals surface area contributed by atoms with Crippen LogP contribution in [0.25, 0.3) is 0 Å². The maximum Gasteiger partial charge on any atom is 0.472 e. The van der Waals surface area contributed by atoms with Gasteiger partial charge in [-0.15, -0.1) is 0 Å². The van der Waals surface area contributed by atoms with Crippen LogP contribution in [0.2, 0.25) is 0 Å². The number of nitrogens with one attached hydrogen (secondary N) is 1. The summed E-state index contributed by atoms with van der Waals surface area (Å²) in [5.41, 5.74) is 0. The Labute approximate surface area is 296 Å². The molecule has 3 N–H and O–H groups in total. The van der Waals surface area contributed by atoms with Crippen LogP contribution < -0.4 is 5.32 Å². The molecule has 0 aromatic carbocycles. The Kier molecular flexibility index (Phi) is 31.2. The lowest BCUT2D eigenvalue weighted by Gasteiger charge is -2.25. The molecule has 0 saturated carbocycles. The molecule has 3 atom stereocenters. The first-order valence-electron chi connectivity index (χ1n) is 19.7. The van der Waals surface area contributed by atoms with E-state index < -0.39 is 20.0 Å². The molecule has 0 aromatic heterocycles. The van der Waals surface area contributed by atoms with Crippen molar-refractivity contribution < 1.29 is 32.9 Å². The van der Waals surface area contributed by atoms with Crippen molar-refractivity contribution in [1.82, 2.24) is 5.32 Å². The van der Waals surface area contributed by atoms with Crippen molar-refractivity contribution in [3.63, 3.8) is 0 Å². The van der Waals surface area contributed by atoms with E-state index in [0.717, 1.165) is 38.5 Å². The summed E-state index contributed by atoms with van der Waals surface area (Å²) in [6, 6.07) is -0.855. The summed E-state index contributed by atoms with van der Waals surface area (Å²) >= 11 is 0. The number of phosphoric acid groups is 1. The predicted molar refractivity (Wildman–Crippen MR) is 203 cm³/mol. The van der Waals surface area contributed by atoms with Gasteiger partial charge in [0.25, 0.3) is 0 Å². The molecule has 8 nitrogen and oxygen atoms in total. The van der Waals surface area contributed by atoms with Crippen molar-refractivity contribution in [3.05, 3.63) is 24.3 Å². The van der Waals surface area contributed by atoms with Crippen molar-refractivity contribution >= 4 is 13.7 Å². The summed E-state index contributed by atoms with van der Waals surface area (Å²) in [6.07, 6.45) is 35.3. The number of rotatable bonds is 35. The number of nitrogens with zero attached hydrogens (tertiary/aromatic N) is 1. The van der Waals surface area contributed by atoms with E-state index in [9.17, 15) is 19.4 Å². The average Bonchev–Trinajstić information content (AvgIpc) is 3.02. The fourth-order valence-corrected chi connectivity index (χ4v) is 6.20. The number of allylic oxidation sites excluding steroid dienone is 3. The van der Waals surface area contributed by atoms with Gasteiger partial charge < -0.3 is 19.8 Å². The van der Waals surface area contributed by atoms with Crippen LogP contribution in [0.4, 0.5) is 0 Å². The largest absolute Gasteiger partial charge is 0.472 e. The minimum absolute atomic E-state index is 0.0577. The Morgan fingerprint density at radius 2 is 1.15 bits per heavy atom. The second kappa shape index (κ2) is 31.9. The van der Waals surface area contributed by atoms with E-state index in [1.54, 1.807) is 6.08 Å². The number of quaternary nitrogens is 1. The number of carbonyl (C=O) groups excluding carboxylic acids is 1. The number of amides is 1. The van der Waals surface area contributed by atoms with Gasteiger partial charge in [0, 0.05) is 6.42 Å². The first-order valence-corrected chi connectivity index (χ1v) is 21.2. The smallest absolute Gasteiger partial charge is 0.387 e. The molecule has 9 heteroatoms. The molecule has 0 radical (unpaired) electrons. The minimum Gasteiger partial charge on any atom is -0.387 e. The van der Waals surface area contributed by atoms with Crippen molar-refractivity contribution in [3.8, 4) is 0 Å². The molecule has 0 heterocycles. The van der Waals surface area contributed by atoms with Gasteiger partial charge in [-0.25, -0.2) is 4.57 Å². The molecule has 0 spiro atoms. The third-order valence-corrected chi connectivity index (χ3v) is 9.66. The van der Waals surface area contributed by atoms with Crippen LogP contribution in [-0.4, -0.2) is 73.4 Å². The summed E-state index contributed by atoms with van der Waals surface area (Å²) in [4.78, 5) is 22.9. The van der Waals surface area contributed by atoms with Crippen molar-refractivity contribution in [2.45, 2.75) is 180 Å². The van der Waals surface area contributed by atoms with E-state index in [2.05, 4.69) is 31.3 Å². The highest BCUT2D eigenvalue weighted by atomic mass is 31.2. The highest BCUT2D eigenvalue weighted by Crippen LogP contribution is 2.43. The standard InChI is InChI=1S/C39H77N2O6P/c1-6-8-10-12-14-16-17-18-19-20-21-22-23-25-26-28-30-32-38(42)37(36-47-48(44,45)46-35-34-41(3,4)5)40-39(43)33-31-29-27-24-15-13-11-9-7-2/h23,25,30,32,37-38,42H,6-22,24,26-29,31,33-36H2,1-5H3,(H-,40,43,44,45)/p+1/b25-23+,32-30+. The number of likely N-dealkylation sites (N-methyl/N-ethyl adjacent to an activating group) is 1. The number of hydrogen-bond donors (Lipinski definition) is 3. The third-order valence-electron chi connectivity index (χ3n) is 8.67. The lowest BCUT2D eigenvalue weighted by atomic mass is 10.1. The van der Waals surface area contributed by atoms with Gasteiger partial charge in [-0.2, -0.15) is 0 Å². The van der Waals surface area contributed by atoms with Gasteiger partial charge >= 0.3 is 7.82 Å². The van der Waals surface area contributed by atoms with Gasteiger partial charge in [-0.05, 0) is 32.1 Å². The fourth-order valence-electron chi connectivity index (χ4n) is 5.47. The number of aliphatic hydroxyl groups excluding tert-OH is 1. The summed E-state index contributed by atoms with van der Waals surface area (Å²) in [5, 5.41) is 13.7. The third kappa shape index (κ3) is 33.5. The van der Waals surface area contributed by atoms with Gasteiger partial charge in [-0.3, -0.25) is 13.8 Å². The highest BCUT2D eigenvalue weighted by molar-refractivity contribution is 7.47. The van der Waals surface area contributed by atoms with E-state index in [-0.39, 0.29) is 19.1 Å². The number of phosphoric ester groups is 1. The summed E-state index contributed by atoms with van der Waals surface area (Å²) in [5.74, 6) is -0.192. The Morgan fingerprint density at radius 1 is 0.688 bits per heavy atom. The van der Waals surface area contributed by atoms with E-state index in [0.29, 0.717) is 17.4 Å². The predicted octanol–water partition coefficient (Wildman–Crippen LogP) is 10.2. The second-order valence-electron chi connectivity index (χ2n) is 14.7. The Bertz CT molecular complexity index is 845.